The van der Waals surface area contributed by atoms with E-state index in [-0.39, 0.29) is 0 Å². The van der Waals surface area contributed by atoms with Crippen LogP contribution in [0.2, 0.25) is 0 Å². The Balaban J connectivity index is 1.90. The number of aryl methyl sites for hydroxylation is 1. The number of hydrogen-bond donors (Lipinski definition) is 1. The van der Waals surface area contributed by atoms with Gasteiger partial charge in [-0.05, 0) is 22.9 Å². The maximum atomic E-state index is 10.9. The molecule has 0 saturated heterocycles. The minimum absolute atomic E-state index is 0.415. The number of hydrogen-bond acceptors (Lipinski definition) is 5. The molecule has 3 rings (SSSR count). The van der Waals surface area contributed by atoms with E-state index in [9.17, 15) is 4.79 Å². The van der Waals surface area contributed by atoms with Crippen molar-refractivity contribution in [2.75, 3.05) is 0 Å². The molecule has 0 radical (unpaired) electrons. The lowest BCUT2D eigenvalue weighted by Gasteiger charge is -2.07. The number of carboxylic acids is 1. The minimum Gasteiger partial charge on any atom is -0.481 e. The molecule has 0 saturated carbocycles. The molecule has 2 heterocycles. The second-order valence-corrected chi connectivity index (χ2v) is 5.81. The van der Waals surface area contributed by atoms with Crippen molar-refractivity contribution in [3.8, 4) is 11.4 Å². The number of aromatic nitrogens is 4. The molecule has 1 unspecified atom stereocenters. The molecule has 0 fully saturated rings. The summed E-state index contributed by atoms with van der Waals surface area (Å²) in [5.41, 5.74) is 0.989. The minimum atomic E-state index is -0.800. The van der Waals surface area contributed by atoms with Gasteiger partial charge < -0.3 is 5.11 Å². The third-order valence-electron chi connectivity index (χ3n) is 3.45. The first kappa shape index (κ1) is 13.7. The van der Waals surface area contributed by atoms with Crippen LogP contribution in [0.1, 0.15) is 13.3 Å². The summed E-state index contributed by atoms with van der Waals surface area (Å²) in [6.07, 6.45) is 0.495. The largest absolute Gasteiger partial charge is 0.481 e. The molecule has 0 aliphatic carbocycles. The molecule has 0 amide bonds. The van der Waals surface area contributed by atoms with Crippen molar-refractivity contribution in [3.05, 3.63) is 29.6 Å². The molecule has 1 N–H and O–H groups in total. The van der Waals surface area contributed by atoms with Crippen LogP contribution < -0.4 is 0 Å². The number of tetrazole rings is 1. The molecule has 3 aromatic rings. The molecule has 108 valence electrons. The molecule has 6 nitrogen and oxygen atoms in total. The van der Waals surface area contributed by atoms with E-state index < -0.39 is 11.9 Å². The van der Waals surface area contributed by atoms with Crippen LogP contribution in [0.5, 0.6) is 0 Å². The van der Waals surface area contributed by atoms with Crippen LogP contribution >= 0.6 is 11.3 Å². The molecule has 21 heavy (non-hydrogen) atoms. The maximum absolute atomic E-state index is 10.9. The highest BCUT2D eigenvalue weighted by molar-refractivity contribution is 7.17. The SMILES string of the molecule is CC(CCn1nnnc1-c1csc2ccccc12)C(=O)O. The number of aliphatic carboxylic acids is 1. The molecular formula is C14H14N4O2S. The number of benzene rings is 1. The fourth-order valence-electron chi connectivity index (χ4n) is 2.14. The summed E-state index contributed by atoms with van der Waals surface area (Å²) in [5.74, 6) is -0.531. The first-order chi connectivity index (χ1) is 10.2. The van der Waals surface area contributed by atoms with Gasteiger partial charge in [-0.1, -0.05) is 25.1 Å². The summed E-state index contributed by atoms with van der Waals surface area (Å²) < 4.78 is 2.86. The Kier molecular flexibility index (Phi) is 3.66. The number of thiophene rings is 1. The highest BCUT2D eigenvalue weighted by atomic mass is 32.1. The highest BCUT2D eigenvalue weighted by Crippen LogP contribution is 2.32. The summed E-state index contributed by atoms with van der Waals surface area (Å²) in [4.78, 5) is 10.9. The van der Waals surface area contributed by atoms with Crippen LogP contribution in [-0.4, -0.2) is 31.3 Å². The van der Waals surface area contributed by atoms with E-state index in [0.717, 1.165) is 10.9 Å². The van der Waals surface area contributed by atoms with Crippen LogP contribution in [-0.2, 0) is 11.3 Å². The predicted octanol–water partition coefficient (Wildman–Crippen LogP) is 2.67. The average Bonchev–Trinajstić information content (AvgIpc) is 3.10. The van der Waals surface area contributed by atoms with Gasteiger partial charge in [0, 0.05) is 27.6 Å². The average molecular weight is 302 g/mol. The fourth-order valence-corrected chi connectivity index (χ4v) is 3.08. The van der Waals surface area contributed by atoms with E-state index in [2.05, 4.69) is 21.6 Å². The Morgan fingerprint density at radius 3 is 3.05 bits per heavy atom. The van der Waals surface area contributed by atoms with Gasteiger partial charge in [0.15, 0.2) is 5.82 Å². The lowest BCUT2D eigenvalue weighted by molar-refractivity contribution is -0.141. The van der Waals surface area contributed by atoms with E-state index in [4.69, 9.17) is 5.11 Å². The van der Waals surface area contributed by atoms with Crippen LogP contribution in [0, 0.1) is 5.92 Å². The van der Waals surface area contributed by atoms with Gasteiger partial charge >= 0.3 is 5.97 Å². The first-order valence-electron chi connectivity index (χ1n) is 6.62. The van der Waals surface area contributed by atoms with E-state index in [1.54, 1.807) is 22.9 Å². The summed E-state index contributed by atoms with van der Waals surface area (Å²) >= 11 is 1.65. The van der Waals surface area contributed by atoms with Crippen LogP contribution in [0.25, 0.3) is 21.5 Å². The van der Waals surface area contributed by atoms with Crippen LogP contribution in [0.3, 0.4) is 0 Å². The fraction of sp³-hybridized carbons (Fsp3) is 0.286. The third kappa shape index (κ3) is 2.64. The Labute approximate surface area is 125 Å². The van der Waals surface area contributed by atoms with Crippen LogP contribution in [0.4, 0.5) is 0 Å². The Bertz CT molecular complexity index is 780. The molecule has 1 atom stereocenters. The molecule has 0 aliphatic rings. The van der Waals surface area contributed by atoms with E-state index in [0.29, 0.717) is 18.8 Å². The zero-order valence-electron chi connectivity index (χ0n) is 11.4. The number of nitrogens with zero attached hydrogens (tertiary/aromatic N) is 4. The van der Waals surface area contributed by atoms with Gasteiger partial charge in [-0.15, -0.1) is 16.4 Å². The van der Waals surface area contributed by atoms with Crippen molar-refractivity contribution >= 4 is 27.4 Å². The summed E-state index contributed by atoms with van der Waals surface area (Å²) in [6, 6.07) is 8.09. The van der Waals surface area contributed by atoms with Crippen molar-refractivity contribution in [3.63, 3.8) is 0 Å². The van der Waals surface area contributed by atoms with Gasteiger partial charge in [-0.25, -0.2) is 4.68 Å². The molecule has 0 spiro atoms. The number of rotatable bonds is 5. The van der Waals surface area contributed by atoms with E-state index in [1.807, 2.05) is 23.6 Å². The monoisotopic (exact) mass is 302 g/mol. The molecule has 0 bridgehead atoms. The topological polar surface area (TPSA) is 80.9 Å². The van der Waals surface area contributed by atoms with Gasteiger partial charge in [-0.3, -0.25) is 4.79 Å². The highest BCUT2D eigenvalue weighted by Gasteiger charge is 2.16. The smallest absolute Gasteiger partial charge is 0.306 e. The number of carbonyl (C=O) groups is 1. The second-order valence-electron chi connectivity index (χ2n) is 4.90. The Morgan fingerprint density at radius 2 is 2.24 bits per heavy atom. The standard InChI is InChI=1S/C14H14N4O2S/c1-9(14(19)20)6-7-18-13(15-16-17-18)11-8-21-12-5-3-2-4-10(11)12/h2-5,8-9H,6-7H2,1H3,(H,19,20). The summed E-state index contributed by atoms with van der Waals surface area (Å²) in [6.45, 7) is 2.17. The quantitative estimate of drug-likeness (QED) is 0.783. The zero-order valence-corrected chi connectivity index (χ0v) is 12.2. The van der Waals surface area contributed by atoms with Crippen molar-refractivity contribution < 1.29 is 9.90 Å². The van der Waals surface area contributed by atoms with Gasteiger partial charge in [-0.2, -0.15) is 0 Å². The van der Waals surface area contributed by atoms with Crippen molar-refractivity contribution in [1.29, 1.82) is 0 Å². The van der Waals surface area contributed by atoms with Crippen molar-refractivity contribution in [1.82, 2.24) is 20.2 Å². The molecule has 0 aliphatic heterocycles. The maximum Gasteiger partial charge on any atom is 0.306 e. The van der Waals surface area contributed by atoms with E-state index >= 15 is 0 Å². The van der Waals surface area contributed by atoms with Gasteiger partial charge in [0.2, 0.25) is 0 Å². The second kappa shape index (κ2) is 5.61. The Hall–Kier alpha value is -2.28. The number of fused-ring (bicyclic) bond motifs is 1. The first-order valence-corrected chi connectivity index (χ1v) is 7.50. The molecule has 1 aromatic carbocycles. The van der Waals surface area contributed by atoms with E-state index in [1.165, 1.54) is 4.70 Å². The van der Waals surface area contributed by atoms with Gasteiger partial charge in [0.25, 0.3) is 0 Å². The van der Waals surface area contributed by atoms with Gasteiger partial charge in [0.1, 0.15) is 0 Å². The molecule has 7 heteroatoms. The number of carboxylic acid groups (broad SMARTS) is 1. The zero-order chi connectivity index (χ0) is 14.8. The lowest BCUT2D eigenvalue weighted by atomic mass is 10.1. The Morgan fingerprint density at radius 1 is 1.43 bits per heavy atom. The summed E-state index contributed by atoms with van der Waals surface area (Å²) in [7, 11) is 0. The third-order valence-corrected chi connectivity index (χ3v) is 4.41. The van der Waals surface area contributed by atoms with Crippen LogP contribution in [0.15, 0.2) is 29.6 Å². The van der Waals surface area contributed by atoms with Crippen molar-refractivity contribution in [2.24, 2.45) is 5.92 Å². The predicted molar refractivity (Wildman–Crippen MR) is 80.1 cm³/mol. The normalized spacial score (nSPS) is 12.6. The molecule has 2 aromatic heterocycles. The van der Waals surface area contributed by atoms with Crippen molar-refractivity contribution in [2.45, 2.75) is 19.9 Å². The molecular weight excluding hydrogens is 288 g/mol. The lowest BCUT2D eigenvalue weighted by Crippen LogP contribution is -2.13. The van der Waals surface area contributed by atoms with Gasteiger partial charge in [0.05, 0.1) is 5.92 Å². The summed E-state index contributed by atoms with van der Waals surface area (Å²) in [5, 5.41) is 23.9.